The molecule has 0 bridgehead atoms. The summed E-state index contributed by atoms with van der Waals surface area (Å²) in [6.45, 7) is 1.81. The average Bonchev–Trinajstić information content (AvgIpc) is 2.13. The lowest BCUT2D eigenvalue weighted by Gasteiger charge is -1.92. The van der Waals surface area contributed by atoms with E-state index < -0.39 is 5.97 Å². The summed E-state index contributed by atoms with van der Waals surface area (Å²) in [4.78, 5) is 10.3. The lowest BCUT2D eigenvalue weighted by molar-refractivity contribution is -0.132. The van der Waals surface area contributed by atoms with Gasteiger partial charge in [-0.3, -0.25) is 0 Å². The standard InChI is InChI=1S/C7H8O2/c1-5-3-2-4-6(5)7(8)9/h3-4H,2H2,1H3,(H,8,9). The lowest BCUT2D eigenvalue weighted by Crippen LogP contribution is -1.98. The third-order valence-corrected chi connectivity index (χ3v) is 1.40. The van der Waals surface area contributed by atoms with Gasteiger partial charge in [-0.15, -0.1) is 0 Å². The predicted octanol–water partition coefficient (Wildman–Crippen LogP) is 1.35. The summed E-state index contributed by atoms with van der Waals surface area (Å²) in [6, 6.07) is 0. The van der Waals surface area contributed by atoms with Gasteiger partial charge < -0.3 is 5.11 Å². The Kier molecular flexibility index (Phi) is 1.39. The van der Waals surface area contributed by atoms with Crippen LogP contribution >= 0.6 is 0 Å². The van der Waals surface area contributed by atoms with Gasteiger partial charge in [0.15, 0.2) is 0 Å². The normalized spacial score (nSPS) is 17.0. The van der Waals surface area contributed by atoms with Crippen LogP contribution < -0.4 is 0 Å². The van der Waals surface area contributed by atoms with Crippen LogP contribution in [-0.4, -0.2) is 11.1 Å². The van der Waals surface area contributed by atoms with Crippen molar-refractivity contribution in [3.63, 3.8) is 0 Å². The van der Waals surface area contributed by atoms with Crippen LogP contribution in [0.2, 0.25) is 0 Å². The predicted molar refractivity (Wildman–Crippen MR) is 34.1 cm³/mol. The van der Waals surface area contributed by atoms with Gasteiger partial charge in [0, 0.05) is 0 Å². The second-order valence-corrected chi connectivity index (χ2v) is 2.05. The highest BCUT2D eigenvalue weighted by Gasteiger charge is 2.11. The van der Waals surface area contributed by atoms with E-state index in [9.17, 15) is 4.79 Å². The quantitative estimate of drug-likeness (QED) is 0.572. The highest BCUT2D eigenvalue weighted by atomic mass is 16.4. The molecule has 1 aliphatic carbocycles. The first-order chi connectivity index (χ1) is 4.22. The SMILES string of the molecule is CC1=CCC=C1C(=O)O. The topological polar surface area (TPSA) is 37.3 Å². The van der Waals surface area contributed by atoms with Crippen molar-refractivity contribution in [2.24, 2.45) is 0 Å². The molecule has 48 valence electrons. The average molecular weight is 124 g/mol. The molecule has 0 fully saturated rings. The summed E-state index contributed by atoms with van der Waals surface area (Å²) in [5, 5.41) is 8.47. The molecule has 9 heavy (non-hydrogen) atoms. The van der Waals surface area contributed by atoms with E-state index in [-0.39, 0.29) is 0 Å². The van der Waals surface area contributed by atoms with Gasteiger partial charge >= 0.3 is 5.97 Å². The van der Waals surface area contributed by atoms with E-state index in [0.717, 1.165) is 12.0 Å². The number of hydrogen-bond acceptors (Lipinski definition) is 1. The zero-order valence-corrected chi connectivity index (χ0v) is 5.22. The van der Waals surface area contributed by atoms with E-state index in [1.54, 1.807) is 6.08 Å². The Balaban J connectivity index is 2.84. The van der Waals surface area contributed by atoms with Crippen LogP contribution in [0.5, 0.6) is 0 Å². The molecule has 0 saturated carbocycles. The highest BCUT2D eigenvalue weighted by Crippen LogP contribution is 2.17. The van der Waals surface area contributed by atoms with Gasteiger partial charge in [-0.1, -0.05) is 12.2 Å². The van der Waals surface area contributed by atoms with Gasteiger partial charge in [0.2, 0.25) is 0 Å². The monoisotopic (exact) mass is 124 g/mol. The zero-order valence-electron chi connectivity index (χ0n) is 5.22. The Labute approximate surface area is 53.5 Å². The Morgan fingerprint density at radius 3 is 2.56 bits per heavy atom. The molecule has 0 spiro atoms. The fraction of sp³-hybridized carbons (Fsp3) is 0.286. The van der Waals surface area contributed by atoms with Crippen LogP contribution in [0, 0.1) is 0 Å². The fourth-order valence-corrected chi connectivity index (χ4v) is 0.880. The molecular formula is C7H8O2. The van der Waals surface area contributed by atoms with Gasteiger partial charge in [-0.2, -0.15) is 0 Å². The summed E-state index contributed by atoms with van der Waals surface area (Å²) < 4.78 is 0. The third kappa shape index (κ3) is 1.02. The molecule has 0 aliphatic heterocycles. The molecule has 1 rings (SSSR count). The number of rotatable bonds is 1. The van der Waals surface area contributed by atoms with Crippen molar-refractivity contribution in [2.45, 2.75) is 13.3 Å². The number of carbonyl (C=O) groups is 1. The van der Waals surface area contributed by atoms with E-state index in [1.807, 2.05) is 13.0 Å². The number of carboxylic acids is 1. The minimum atomic E-state index is -0.818. The molecule has 0 heterocycles. The van der Waals surface area contributed by atoms with Crippen LogP contribution in [-0.2, 0) is 4.79 Å². The second kappa shape index (κ2) is 2.05. The molecular weight excluding hydrogens is 116 g/mol. The maximum atomic E-state index is 10.3. The Hall–Kier alpha value is -1.05. The van der Waals surface area contributed by atoms with Gasteiger partial charge in [0.25, 0.3) is 0 Å². The van der Waals surface area contributed by atoms with Crippen molar-refractivity contribution in [3.05, 3.63) is 23.3 Å². The molecule has 1 aliphatic rings. The Morgan fingerprint density at radius 2 is 2.33 bits per heavy atom. The van der Waals surface area contributed by atoms with Crippen molar-refractivity contribution in [1.29, 1.82) is 0 Å². The summed E-state index contributed by atoms with van der Waals surface area (Å²) in [7, 11) is 0. The first-order valence-electron chi connectivity index (χ1n) is 2.82. The van der Waals surface area contributed by atoms with Crippen molar-refractivity contribution in [2.75, 3.05) is 0 Å². The number of aliphatic carboxylic acids is 1. The summed E-state index contributed by atoms with van der Waals surface area (Å²) >= 11 is 0. The molecule has 0 saturated heterocycles. The van der Waals surface area contributed by atoms with Crippen LogP contribution in [0.15, 0.2) is 23.3 Å². The second-order valence-electron chi connectivity index (χ2n) is 2.05. The smallest absolute Gasteiger partial charge is 0.335 e. The lowest BCUT2D eigenvalue weighted by atomic mass is 10.2. The van der Waals surface area contributed by atoms with Gasteiger partial charge in [-0.05, 0) is 18.9 Å². The van der Waals surface area contributed by atoms with E-state index in [0.29, 0.717) is 5.57 Å². The molecule has 0 aromatic heterocycles. The van der Waals surface area contributed by atoms with Crippen LogP contribution in [0.25, 0.3) is 0 Å². The van der Waals surface area contributed by atoms with Crippen molar-refractivity contribution in [3.8, 4) is 0 Å². The van der Waals surface area contributed by atoms with Crippen LogP contribution in [0.4, 0.5) is 0 Å². The Bertz CT molecular complexity index is 199. The van der Waals surface area contributed by atoms with Crippen LogP contribution in [0.3, 0.4) is 0 Å². The van der Waals surface area contributed by atoms with E-state index in [1.165, 1.54) is 0 Å². The largest absolute Gasteiger partial charge is 0.478 e. The van der Waals surface area contributed by atoms with E-state index in [2.05, 4.69) is 0 Å². The molecule has 0 radical (unpaired) electrons. The summed E-state index contributed by atoms with van der Waals surface area (Å²) in [6.07, 6.45) is 4.40. The number of hydrogen-bond donors (Lipinski definition) is 1. The number of allylic oxidation sites excluding steroid dienone is 2. The van der Waals surface area contributed by atoms with E-state index >= 15 is 0 Å². The zero-order chi connectivity index (χ0) is 6.85. The fourth-order valence-electron chi connectivity index (χ4n) is 0.880. The minimum absolute atomic E-state index is 0.454. The Morgan fingerprint density at radius 1 is 1.67 bits per heavy atom. The maximum absolute atomic E-state index is 10.3. The van der Waals surface area contributed by atoms with Crippen molar-refractivity contribution >= 4 is 5.97 Å². The summed E-state index contributed by atoms with van der Waals surface area (Å²) in [5.74, 6) is -0.818. The maximum Gasteiger partial charge on any atom is 0.335 e. The molecule has 2 nitrogen and oxygen atoms in total. The highest BCUT2D eigenvalue weighted by molar-refractivity contribution is 5.92. The summed E-state index contributed by atoms with van der Waals surface area (Å²) in [5.41, 5.74) is 1.33. The first kappa shape index (κ1) is 6.08. The van der Waals surface area contributed by atoms with Crippen molar-refractivity contribution in [1.82, 2.24) is 0 Å². The van der Waals surface area contributed by atoms with Gasteiger partial charge in [0.1, 0.15) is 0 Å². The van der Waals surface area contributed by atoms with Crippen LogP contribution in [0.1, 0.15) is 13.3 Å². The molecule has 1 N–H and O–H groups in total. The molecule has 2 heteroatoms. The molecule has 0 aromatic carbocycles. The molecule has 0 unspecified atom stereocenters. The third-order valence-electron chi connectivity index (χ3n) is 1.40. The van der Waals surface area contributed by atoms with Gasteiger partial charge in [-0.25, -0.2) is 4.79 Å². The molecule has 0 atom stereocenters. The minimum Gasteiger partial charge on any atom is -0.478 e. The van der Waals surface area contributed by atoms with E-state index in [4.69, 9.17) is 5.11 Å². The first-order valence-corrected chi connectivity index (χ1v) is 2.82. The van der Waals surface area contributed by atoms with Crippen molar-refractivity contribution < 1.29 is 9.90 Å². The molecule has 0 aromatic rings. The van der Waals surface area contributed by atoms with Gasteiger partial charge in [0.05, 0.1) is 5.57 Å². The molecule has 0 amide bonds. The number of carboxylic acid groups (broad SMARTS) is 1.